The highest BCUT2D eigenvalue weighted by molar-refractivity contribution is 5.84. The maximum Gasteiger partial charge on any atom is 0.307 e. The fourth-order valence-electron chi connectivity index (χ4n) is 2.57. The van der Waals surface area contributed by atoms with Crippen LogP contribution < -0.4 is 5.32 Å². The number of allylic oxidation sites excluding steroid dienone is 2. The molecule has 1 aliphatic rings. The average Bonchev–Trinajstić information content (AvgIpc) is 2.78. The molecule has 0 aromatic heterocycles. The number of carbonyl (C=O) groups excluding carboxylic acids is 2. The van der Waals surface area contributed by atoms with Crippen LogP contribution in [0.15, 0.2) is 11.6 Å². The number of hydrogen-bond donors (Lipinski definition) is 1. The molecule has 3 atom stereocenters. The second kappa shape index (κ2) is 5.76. The van der Waals surface area contributed by atoms with Crippen molar-refractivity contribution in [3.05, 3.63) is 11.6 Å². The van der Waals surface area contributed by atoms with E-state index in [0.717, 1.165) is 0 Å². The van der Waals surface area contributed by atoms with Crippen molar-refractivity contribution < 1.29 is 14.3 Å². The average molecular weight is 267 g/mol. The Morgan fingerprint density at radius 3 is 2.42 bits per heavy atom. The molecule has 0 saturated heterocycles. The summed E-state index contributed by atoms with van der Waals surface area (Å²) in [4.78, 5) is 23.3. The predicted octanol–water partition coefficient (Wildman–Crippen LogP) is 2.29. The monoisotopic (exact) mass is 267 g/mol. The van der Waals surface area contributed by atoms with Crippen molar-refractivity contribution in [2.45, 2.75) is 47.1 Å². The van der Waals surface area contributed by atoms with Crippen molar-refractivity contribution in [2.24, 2.45) is 17.3 Å². The lowest BCUT2D eigenvalue weighted by atomic mass is 10.1. The second-order valence-electron chi connectivity index (χ2n) is 6.26. The summed E-state index contributed by atoms with van der Waals surface area (Å²) in [6, 6.07) is -0.191. The van der Waals surface area contributed by atoms with Gasteiger partial charge < -0.3 is 10.1 Å². The molecule has 0 heterocycles. The highest BCUT2D eigenvalue weighted by Crippen LogP contribution is 2.59. The van der Waals surface area contributed by atoms with E-state index in [0.29, 0.717) is 5.92 Å². The van der Waals surface area contributed by atoms with Gasteiger partial charge in [-0.1, -0.05) is 25.5 Å². The third-order valence-electron chi connectivity index (χ3n) is 3.80. The van der Waals surface area contributed by atoms with Crippen LogP contribution in [0.1, 0.15) is 41.0 Å². The van der Waals surface area contributed by atoms with Gasteiger partial charge in [-0.05, 0) is 32.1 Å². The minimum atomic E-state index is -0.302. The molecule has 0 aliphatic heterocycles. The highest BCUT2D eigenvalue weighted by Gasteiger charge is 2.60. The van der Waals surface area contributed by atoms with Gasteiger partial charge in [-0.3, -0.25) is 9.59 Å². The zero-order valence-electron chi connectivity index (χ0n) is 12.7. The third kappa shape index (κ3) is 3.82. The molecular formula is C15H25NO3. The van der Waals surface area contributed by atoms with Gasteiger partial charge in [0.25, 0.3) is 0 Å². The number of methoxy groups -OCH3 is 1. The number of esters is 1. The normalized spacial score (nSPS) is 25.2. The summed E-state index contributed by atoms with van der Waals surface area (Å²) in [7, 11) is 1.35. The fourth-order valence-corrected chi connectivity index (χ4v) is 2.57. The molecule has 4 nitrogen and oxygen atoms in total. The molecule has 0 bridgehead atoms. The SMILES string of the molecule is COC(=O)CC(C)NC(=O)C1C(C=C(C)C)C1(C)C. The topological polar surface area (TPSA) is 55.4 Å². The standard InChI is InChI=1S/C15H25NO3/c1-9(2)7-11-13(15(11,4)5)14(18)16-10(3)8-12(17)19-6/h7,10-11,13H,8H2,1-6H3,(H,16,18). The van der Waals surface area contributed by atoms with Crippen molar-refractivity contribution in [1.29, 1.82) is 0 Å². The Balaban J connectivity index is 2.56. The molecule has 0 radical (unpaired) electrons. The maximum atomic E-state index is 12.2. The molecule has 1 rings (SSSR count). The Kier molecular flexibility index (Phi) is 4.77. The first-order valence-corrected chi connectivity index (χ1v) is 6.72. The first-order valence-electron chi connectivity index (χ1n) is 6.72. The lowest BCUT2D eigenvalue weighted by molar-refractivity contribution is -0.141. The number of rotatable bonds is 5. The Hall–Kier alpha value is -1.32. The van der Waals surface area contributed by atoms with Crippen molar-refractivity contribution >= 4 is 11.9 Å². The van der Waals surface area contributed by atoms with Gasteiger partial charge in [-0.15, -0.1) is 0 Å². The minimum Gasteiger partial charge on any atom is -0.469 e. The minimum absolute atomic E-state index is 0.00231. The van der Waals surface area contributed by atoms with E-state index in [1.807, 2.05) is 20.8 Å². The molecule has 3 unspecified atom stereocenters. The molecule has 1 amide bonds. The number of amides is 1. The molecule has 19 heavy (non-hydrogen) atoms. The third-order valence-corrected chi connectivity index (χ3v) is 3.80. The van der Waals surface area contributed by atoms with Gasteiger partial charge in [0.05, 0.1) is 19.4 Å². The molecule has 0 spiro atoms. The maximum absolute atomic E-state index is 12.2. The van der Waals surface area contributed by atoms with E-state index in [-0.39, 0.29) is 35.7 Å². The summed E-state index contributed by atoms with van der Waals surface area (Å²) >= 11 is 0. The van der Waals surface area contributed by atoms with E-state index < -0.39 is 0 Å². The summed E-state index contributed by atoms with van der Waals surface area (Å²) in [6.07, 6.45) is 2.37. The molecule has 1 fully saturated rings. The van der Waals surface area contributed by atoms with Crippen LogP contribution in [0.25, 0.3) is 0 Å². The van der Waals surface area contributed by atoms with Crippen LogP contribution in [-0.4, -0.2) is 25.0 Å². The summed E-state index contributed by atoms with van der Waals surface area (Å²) < 4.78 is 4.59. The van der Waals surface area contributed by atoms with Gasteiger partial charge in [-0.2, -0.15) is 0 Å². The molecule has 1 saturated carbocycles. The van der Waals surface area contributed by atoms with Gasteiger partial charge in [0.15, 0.2) is 0 Å². The van der Waals surface area contributed by atoms with Crippen molar-refractivity contribution in [3.63, 3.8) is 0 Å². The molecule has 0 aromatic carbocycles. The van der Waals surface area contributed by atoms with Crippen LogP contribution >= 0.6 is 0 Å². The molecule has 4 heteroatoms. The molecule has 1 aliphatic carbocycles. The van der Waals surface area contributed by atoms with Gasteiger partial charge >= 0.3 is 5.97 Å². The number of carbonyl (C=O) groups is 2. The van der Waals surface area contributed by atoms with Gasteiger partial charge in [0.1, 0.15) is 0 Å². The highest BCUT2D eigenvalue weighted by atomic mass is 16.5. The zero-order chi connectivity index (χ0) is 14.8. The zero-order valence-corrected chi connectivity index (χ0v) is 12.7. The van der Waals surface area contributed by atoms with E-state index in [9.17, 15) is 9.59 Å². The van der Waals surface area contributed by atoms with E-state index in [4.69, 9.17) is 0 Å². The Morgan fingerprint density at radius 2 is 1.95 bits per heavy atom. The van der Waals surface area contributed by atoms with Crippen molar-refractivity contribution in [3.8, 4) is 0 Å². The Bertz CT molecular complexity index is 394. The van der Waals surface area contributed by atoms with Crippen molar-refractivity contribution in [2.75, 3.05) is 7.11 Å². The molecular weight excluding hydrogens is 242 g/mol. The van der Waals surface area contributed by atoms with Gasteiger partial charge in [-0.25, -0.2) is 0 Å². The first-order chi connectivity index (χ1) is 8.70. The largest absolute Gasteiger partial charge is 0.469 e. The Morgan fingerprint density at radius 1 is 1.37 bits per heavy atom. The summed E-state index contributed by atoms with van der Waals surface area (Å²) in [5.74, 6) is 0.0259. The van der Waals surface area contributed by atoms with Gasteiger partial charge in [0, 0.05) is 6.04 Å². The quantitative estimate of drug-likeness (QED) is 0.614. The summed E-state index contributed by atoms with van der Waals surface area (Å²) in [6.45, 7) is 10.1. The van der Waals surface area contributed by atoms with E-state index in [1.54, 1.807) is 0 Å². The molecule has 1 N–H and O–H groups in total. The smallest absolute Gasteiger partial charge is 0.307 e. The summed E-state index contributed by atoms with van der Waals surface area (Å²) in [5, 5.41) is 2.90. The molecule has 0 aromatic rings. The van der Waals surface area contributed by atoms with Crippen LogP contribution in [0.5, 0.6) is 0 Å². The van der Waals surface area contributed by atoms with Crippen LogP contribution in [0.3, 0.4) is 0 Å². The van der Waals surface area contributed by atoms with Crippen molar-refractivity contribution in [1.82, 2.24) is 5.32 Å². The molecule has 108 valence electrons. The fraction of sp³-hybridized carbons (Fsp3) is 0.733. The summed E-state index contributed by atoms with van der Waals surface area (Å²) in [5.41, 5.74) is 1.24. The van der Waals surface area contributed by atoms with E-state index in [2.05, 4.69) is 30.0 Å². The predicted molar refractivity (Wildman–Crippen MR) is 74.4 cm³/mol. The van der Waals surface area contributed by atoms with Crippen LogP contribution in [0, 0.1) is 17.3 Å². The second-order valence-corrected chi connectivity index (χ2v) is 6.26. The van der Waals surface area contributed by atoms with E-state index in [1.165, 1.54) is 12.7 Å². The lowest BCUT2D eigenvalue weighted by Gasteiger charge is -2.13. The first kappa shape index (κ1) is 15.7. The van der Waals surface area contributed by atoms with Crippen LogP contribution in [0.4, 0.5) is 0 Å². The lowest BCUT2D eigenvalue weighted by Crippen LogP contribution is -2.36. The van der Waals surface area contributed by atoms with E-state index >= 15 is 0 Å². The number of ether oxygens (including phenoxy) is 1. The van der Waals surface area contributed by atoms with Crippen LogP contribution in [0.2, 0.25) is 0 Å². The number of nitrogens with one attached hydrogen (secondary N) is 1. The van der Waals surface area contributed by atoms with Crippen LogP contribution in [-0.2, 0) is 14.3 Å². The van der Waals surface area contributed by atoms with Gasteiger partial charge in [0.2, 0.25) is 5.91 Å². The Labute approximate surface area is 115 Å². The number of hydrogen-bond acceptors (Lipinski definition) is 3.